The van der Waals surface area contributed by atoms with E-state index >= 15 is 0 Å². The number of benzene rings is 9. The van der Waals surface area contributed by atoms with Crippen molar-refractivity contribution < 1.29 is 61.9 Å². The van der Waals surface area contributed by atoms with Gasteiger partial charge in [-0.2, -0.15) is 0 Å². The molecule has 0 saturated carbocycles. The number of hydrogen-bond donors (Lipinski definition) is 4. The molecule has 34 nitrogen and oxygen atoms in total. The normalized spacial score (nSPS) is 16.3. The number of amides is 6. The fourth-order valence-corrected chi connectivity index (χ4v) is 19.4. The summed E-state index contributed by atoms with van der Waals surface area (Å²) in [6, 6.07) is 74.8. The summed E-state index contributed by atoms with van der Waals surface area (Å²) in [4.78, 5) is 141. The lowest BCUT2D eigenvalue weighted by Crippen LogP contribution is -2.47. The number of likely N-dealkylation sites (N-methyl/N-ethyl adjacent to an activating group) is 1. The first-order valence-corrected chi connectivity index (χ1v) is 49.7. The summed E-state index contributed by atoms with van der Waals surface area (Å²) in [5.41, 5.74) is 11.4. The number of anilines is 3. The van der Waals surface area contributed by atoms with Gasteiger partial charge in [0.1, 0.15) is 34.3 Å². The number of aromatic nitrogens is 6. The highest BCUT2D eigenvalue weighted by molar-refractivity contribution is 6.01. The molecule has 6 amide bonds. The Hall–Kier alpha value is -14.7. The van der Waals surface area contributed by atoms with Gasteiger partial charge in [0.25, 0.3) is 35.4 Å². The van der Waals surface area contributed by atoms with Crippen molar-refractivity contribution in [3.8, 4) is 68.1 Å². The van der Waals surface area contributed by atoms with Crippen LogP contribution in [0.2, 0.25) is 0 Å². The average molecular weight is 1940 g/mol. The molecule has 746 valence electrons. The molecule has 11 heterocycles. The van der Waals surface area contributed by atoms with Crippen molar-refractivity contribution >= 4 is 52.5 Å². The third-order valence-electron chi connectivity index (χ3n) is 26.9. The van der Waals surface area contributed by atoms with Crippen LogP contribution in [0.25, 0.3) is 50.8 Å². The zero-order valence-corrected chi connectivity index (χ0v) is 80.9. The SMILES string of the molecule is CNC(=O)COc1cccc(Cn2c(C(=O)N3CCNCC3)c(-c3ccccc3)n(-c3cccc(N4CCOCC4)c3)c2=O)c1.O=C(COc1cccc(Cn2c(C(=O)N3CCNCC3)c(-c3ccccc3)n(-c3cccc(N4CCOCC4)c3)c2=O)c1)N1CCCCC1.O=C(COc1cccc(Cn2c(C(=O)N3CCNCC3)c(-c3ccccc3)n(-c3cccc(N4CCOCC4)c3)c2=O)c1)N1CCOCC1. The predicted octanol–water partition coefficient (Wildman–Crippen LogP) is 8.46. The van der Waals surface area contributed by atoms with Gasteiger partial charge in [0.2, 0.25) is 0 Å². The van der Waals surface area contributed by atoms with Crippen molar-refractivity contribution in [2.24, 2.45) is 0 Å². The van der Waals surface area contributed by atoms with Gasteiger partial charge in [0.15, 0.2) is 19.8 Å². The fourth-order valence-electron chi connectivity index (χ4n) is 19.4. The molecule has 8 saturated heterocycles. The number of nitrogens with one attached hydrogen (secondary N) is 4. The van der Waals surface area contributed by atoms with Crippen LogP contribution in [0.15, 0.2) is 251 Å². The van der Waals surface area contributed by atoms with Crippen LogP contribution in [-0.2, 0) is 53.0 Å². The van der Waals surface area contributed by atoms with Crippen LogP contribution in [0.4, 0.5) is 17.1 Å². The van der Waals surface area contributed by atoms with Crippen molar-refractivity contribution in [3.63, 3.8) is 0 Å². The maximum absolute atomic E-state index is 14.8. The van der Waals surface area contributed by atoms with Gasteiger partial charge in [-0.1, -0.05) is 146 Å². The van der Waals surface area contributed by atoms with E-state index in [4.69, 9.17) is 33.2 Å². The van der Waals surface area contributed by atoms with Crippen LogP contribution in [0.3, 0.4) is 0 Å². The Morgan fingerprint density at radius 3 is 0.881 bits per heavy atom. The molecule has 12 aromatic rings. The summed E-state index contributed by atoms with van der Waals surface area (Å²) in [6.07, 6.45) is 3.19. The molecule has 8 aliphatic rings. The van der Waals surface area contributed by atoms with Gasteiger partial charge < -0.3 is 93.6 Å². The van der Waals surface area contributed by atoms with E-state index in [2.05, 4.69) is 36.0 Å². The lowest BCUT2D eigenvalue weighted by Gasteiger charge is -2.29. The molecule has 3 aromatic heterocycles. The molecule has 0 spiro atoms. The zero-order chi connectivity index (χ0) is 98.3. The molecular weight excluding hydrogens is 1820 g/mol. The van der Waals surface area contributed by atoms with Gasteiger partial charge in [0.05, 0.1) is 107 Å². The van der Waals surface area contributed by atoms with Crippen molar-refractivity contribution in [1.29, 1.82) is 0 Å². The molecule has 0 unspecified atom stereocenters. The van der Waals surface area contributed by atoms with Crippen LogP contribution in [0.1, 0.15) is 67.4 Å². The average Bonchev–Trinajstić information content (AvgIpc) is 1.60. The first-order chi connectivity index (χ1) is 70.2. The Balaban J connectivity index is 0.000000142. The summed E-state index contributed by atoms with van der Waals surface area (Å²) in [5.74, 6) is 0.637. The third kappa shape index (κ3) is 23.7. The molecule has 0 atom stereocenters. The number of carbonyl (C=O) groups is 6. The van der Waals surface area contributed by atoms with E-state index in [1.807, 2.05) is 238 Å². The molecule has 0 aliphatic carbocycles. The van der Waals surface area contributed by atoms with E-state index in [1.54, 1.807) is 57.5 Å². The first kappa shape index (κ1) is 98.5. The highest BCUT2D eigenvalue weighted by Gasteiger charge is 2.37. The Morgan fingerprint density at radius 1 is 0.294 bits per heavy atom. The van der Waals surface area contributed by atoms with E-state index in [-0.39, 0.29) is 92.0 Å². The lowest BCUT2D eigenvalue weighted by molar-refractivity contribution is -0.137. The number of piperidine rings is 1. The predicted molar refractivity (Wildman–Crippen MR) is 547 cm³/mol. The van der Waals surface area contributed by atoms with E-state index in [1.165, 1.54) is 0 Å². The minimum absolute atomic E-state index is 0.0193. The summed E-state index contributed by atoms with van der Waals surface area (Å²) < 4.78 is 49.4. The second kappa shape index (κ2) is 47.7. The highest BCUT2D eigenvalue weighted by atomic mass is 16.5. The molecule has 8 aliphatic heterocycles. The lowest BCUT2D eigenvalue weighted by atomic mass is 10.1. The number of carbonyl (C=O) groups excluding carboxylic acids is 6. The van der Waals surface area contributed by atoms with Crippen molar-refractivity contribution in [2.75, 3.05) is 238 Å². The van der Waals surface area contributed by atoms with Crippen molar-refractivity contribution in [2.45, 2.75) is 38.9 Å². The van der Waals surface area contributed by atoms with Gasteiger partial charge in [-0.25, -0.2) is 14.4 Å². The number of ether oxygens (including phenoxy) is 7. The number of morpholine rings is 4. The number of nitrogens with zero attached hydrogens (tertiary/aromatic N) is 14. The smallest absolute Gasteiger partial charge is 0.334 e. The fraction of sp³-hybridized carbons (Fsp3) is 0.367. The quantitative estimate of drug-likeness (QED) is 0.0375. The highest BCUT2D eigenvalue weighted by Crippen LogP contribution is 2.36. The summed E-state index contributed by atoms with van der Waals surface area (Å²) >= 11 is 0. The second-order valence-electron chi connectivity index (χ2n) is 36.2. The number of rotatable bonds is 27. The Labute approximate surface area is 830 Å². The Bertz CT molecular complexity index is 6320. The number of likely N-dealkylation sites (tertiary alicyclic amines) is 1. The van der Waals surface area contributed by atoms with E-state index in [0.717, 1.165) is 122 Å². The Kier molecular flexibility index (Phi) is 32.9. The number of imidazole rings is 3. The molecule has 0 radical (unpaired) electrons. The molecule has 34 heteroatoms. The largest absolute Gasteiger partial charge is 0.484 e. The van der Waals surface area contributed by atoms with Crippen molar-refractivity contribution in [1.82, 2.24) is 73.2 Å². The van der Waals surface area contributed by atoms with Crippen LogP contribution >= 0.6 is 0 Å². The van der Waals surface area contributed by atoms with Crippen LogP contribution < -0.4 is 67.2 Å². The van der Waals surface area contributed by atoms with E-state index in [9.17, 15) is 43.2 Å². The van der Waals surface area contributed by atoms with Crippen molar-refractivity contribution in [3.05, 3.63) is 302 Å². The van der Waals surface area contributed by atoms with E-state index < -0.39 is 0 Å². The number of hydrogen-bond acceptors (Lipinski definition) is 22. The first-order valence-electron chi connectivity index (χ1n) is 49.7. The molecule has 9 aromatic carbocycles. The van der Waals surface area contributed by atoms with Crippen LogP contribution in [0, 0.1) is 0 Å². The second-order valence-corrected chi connectivity index (χ2v) is 36.2. The topological polar surface area (TPSA) is 322 Å². The monoisotopic (exact) mass is 1940 g/mol. The summed E-state index contributed by atoms with van der Waals surface area (Å²) in [6.45, 7) is 19.7. The van der Waals surface area contributed by atoms with E-state index in [0.29, 0.717) is 213 Å². The van der Waals surface area contributed by atoms with Gasteiger partial charge in [-0.05, 0) is 127 Å². The Morgan fingerprint density at radius 2 is 0.573 bits per heavy atom. The van der Waals surface area contributed by atoms with Gasteiger partial charge >= 0.3 is 17.1 Å². The standard InChI is InChI=1S/C38H44N6O5.C37H42N6O6.C34H38N6O5/c45-34(41-17-5-2-6-18-41)28-49-33-14-7-9-29(25-33)27-43-36(37(46)42-19-15-39-16-20-42)35(30-10-3-1-4-11-30)44(38(43)47)32-13-8-12-31(26-32)40-21-23-48-24-22-40;44-33(40-18-22-48-23-19-40)27-49-32-11-4-6-28(24-32)26-42-35(36(45)41-14-12-38-13-15-41)34(29-7-2-1-3-8-29)43(37(42)46)31-10-5-9-30(25-31)39-16-20-47-21-17-39;1-35-30(41)24-45-29-12-5-7-25(21-29)23-39-32(33(42)38-15-13-36-14-16-38)31(26-8-3-2-4-9-26)40(34(39)43)28-11-6-10-27(22-28)37-17-19-44-20-18-37/h1,3-4,7-14,25-26,39H,2,5-6,15-24,27-28H2;1-11,24-25,38H,12-23,26-27H2;2-12,21-22,36H,13-20,23-24H2,1H3,(H,35,41). The van der Waals surface area contributed by atoms with Crippen LogP contribution in [0.5, 0.6) is 17.2 Å². The minimum Gasteiger partial charge on any atom is -0.484 e. The minimum atomic E-state index is -0.317. The molecule has 4 N–H and O–H groups in total. The molecule has 143 heavy (non-hydrogen) atoms. The molecule has 20 rings (SSSR count). The maximum atomic E-state index is 14.8. The molecular formula is C109H124N18O16. The maximum Gasteiger partial charge on any atom is 0.334 e. The third-order valence-corrected chi connectivity index (χ3v) is 26.9. The summed E-state index contributed by atoms with van der Waals surface area (Å²) in [7, 11) is 1.55. The molecule has 8 fully saturated rings. The zero-order valence-electron chi connectivity index (χ0n) is 80.9. The number of piperazine rings is 3. The van der Waals surface area contributed by atoms with Crippen LogP contribution in [-0.4, -0.2) is 311 Å². The summed E-state index contributed by atoms with van der Waals surface area (Å²) in [5, 5.41) is 12.5. The van der Waals surface area contributed by atoms with Gasteiger partial charge in [-0.3, -0.25) is 56.2 Å². The molecule has 0 bridgehead atoms. The van der Waals surface area contributed by atoms with Gasteiger partial charge in [0, 0.05) is 185 Å². The van der Waals surface area contributed by atoms with Gasteiger partial charge in [-0.15, -0.1) is 0 Å².